The Balaban J connectivity index is 1.30. The number of anilines is 3. The summed E-state index contributed by atoms with van der Waals surface area (Å²) >= 11 is 0. The summed E-state index contributed by atoms with van der Waals surface area (Å²) in [6, 6.07) is 31.2. The number of rotatable bonds is 10. The van der Waals surface area contributed by atoms with Crippen LogP contribution in [0.3, 0.4) is 0 Å². The maximum Gasteiger partial charge on any atom is 0.253 e. The van der Waals surface area contributed by atoms with Crippen LogP contribution < -0.4 is 15.5 Å². The van der Waals surface area contributed by atoms with Gasteiger partial charge in [0.2, 0.25) is 0 Å². The van der Waals surface area contributed by atoms with Gasteiger partial charge < -0.3 is 20.4 Å². The number of halogens is 1. The zero-order valence-electron chi connectivity index (χ0n) is 25.3. The predicted molar refractivity (Wildman–Crippen MR) is 175 cm³/mol. The van der Waals surface area contributed by atoms with Crippen LogP contribution in [-0.4, -0.2) is 30.9 Å². The van der Waals surface area contributed by atoms with E-state index in [0.717, 1.165) is 29.8 Å². The average Bonchev–Trinajstić information content (AvgIpc) is 3.03. The summed E-state index contributed by atoms with van der Waals surface area (Å²) in [6.07, 6.45) is 1.72. The first-order chi connectivity index (χ1) is 20.9. The van der Waals surface area contributed by atoms with E-state index in [2.05, 4.69) is 84.5 Å². The third-order valence-corrected chi connectivity index (χ3v) is 8.43. The fourth-order valence-electron chi connectivity index (χ4n) is 6.03. The number of aryl methyl sites for hydroxylation is 1. The van der Waals surface area contributed by atoms with E-state index in [1.165, 1.54) is 28.9 Å². The largest absolute Gasteiger partial charge is 0.355 e. The van der Waals surface area contributed by atoms with Gasteiger partial charge in [0.1, 0.15) is 5.82 Å². The van der Waals surface area contributed by atoms with Crippen molar-refractivity contribution in [3.63, 3.8) is 0 Å². The van der Waals surface area contributed by atoms with Crippen LogP contribution in [0.4, 0.5) is 21.5 Å². The molecule has 1 atom stereocenters. The molecule has 1 aliphatic rings. The number of piperidine rings is 1. The maximum absolute atomic E-state index is 13.7. The topological polar surface area (TPSA) is 47.6 Å². The normalized spacial score (nSPS) is 14.3. The molecule has 0 bridgehead atoms. The molecule has 1 unspecified atom stereocenters. The molecule has 4 aromatic rings. The Bertz CT molecular complexity index is 1560. The molecule has 6 heteroatoms. The molecule has 5 rings (SSSR count). The smallest absolute Gasteiger partial charge is 0.253 e. The van der Waals surface area contributed by atoms with Crippen molar-refractivity contribution < 1.29 is 9.18 Å². The monoisotopic (exact) mass is 576 g/mol. The number of nitrogens with one attached hydrogen (secondary N) is 2. The van der Waals surface area contributed by atoms with Gasteiger partial charge in [-0.15, -0.1) is 0 Å². The number of carbonyl (C=O) groups excluding carboxylic acids is 1. The molecule has 4 aromatic carbocycles. The Morgan fingerprint density at radius 1 is 0.977 bits per heavy atom. The van der Waals surface area contributed by atoms with Crippen LogP contribution in [0.25, 0.3) is 0 Å². The number of carbonyl (C=O) groups is 1. The van der Waals surface area contributed by atoms with Crippen molar-refractivity contribution in [2.45, 2.75) is 39.3 Å². The van der Waals surface area contributed by atoms with Gasteiger partial charge in [-0.1, -0.05) is 61.2 Å². The van der Waals surface area contributed by atoms with Crippen LogP contribution in [-0.2, 0) is 6.54 Å². The molecular formula is C37H41FN4O. The number of allylic oxidation sites excluding steroid dienone is 1. The molecule has 1 aliphatic heterocycles. The Kier molecular flexibility index (Phi) is 9.58. The van der Waals surface area contributed by atoms with E-state index >= 15 is 0 Å². The molecule has 5 nitrogen and oxygen atoms in total. The first kappa shape index (κ1) is 30.1. The maximum atomic E-state index is 13.7. The SMILES string of the molecule is C=C(C1CCN(C(=O)c2ccc(Nc3cccc(F)c3)c(CNC)c2)CC1)N(c1ccccc1C)C(C)c1ccccc1. The number of likely N-dealkylation sites (tertiary alicyclic amines) is 1. The van der Waals surface area contributed by atoms with Crippen molar-refractivity contribution in [1.82, 2.24) is 10.2 Å². The van der Waals surface area contributed by atoms with E-state index < -0.39 is 0 Å². The number of hydrogen-bond donors (Lipinski definition) is 2. The van der Waals surface area contributed by atoms with E-state index in [0.29, 0.717) is 30.9 Å². The van der Waals surface area contributed by atoms with Crippen molar-refractivity contribution >= 4 is 23.0 Å². The highest BCUT2D eigenvalue weighted by molar-refractivity contribution is 5.95. The quantitative estimate of drug-likeness (QED) is 0.200. The highest BCUT2D eigenvalue weighted by Crippen LogP contribution is 2.38. The minimum absolute atomic E-state index is 0.0344. The van der Waals surface area contributed by atoms with E-state index in [-0.39, 0.29) is 23.7 Å². The Labute approximate surface area is 255 Å². The van der Waals surface area contributed by atoms with Gasteiger partial charge in [-0.05, 0) is 92.9 Å². The highest BCUT2D eigenvalue weighted by atomic mass is 19.1. The van der Waals surface area contributed by atoms with Gasteiger partial charge in [-0.2, -0.15) is 0 Å². The second kappa shape index (κ2) is 13.7. The van der Waals surface area contributed by atoms with Crippen LogP contribution in [0.2, 0.25) is 0 Å². The molecule has 1 fully saturated rings. The number of para-hydroxylation sites is 1. The number of benzene rings is 4. The molecule has 1 saturated heterocycles. The van der Waals surface area contributed by atoms with Gasteiger partial charge in [0.15, 0.2) is 0 Å². The number of amides is 1. The Hall–Kier alpha value is -4.42. The van der Waals surface area contributed by atoms with E-state index in [1.54, 1.807) is 6.07 Å². The van der Waals surface area contributed by atoms with Gasteiger partial charge in [-0.3, -0.25) is 4.79 Å². The summed E-state index contributed by atoms with van der Waals surface area (Å²) < 4.78 is 13.7. The molecule has 0 saturated carbocycles. The van der Waals surface area contributed by atoms with Gasteiger partial charge in [0.25, 0.3) is 5.91 Å². The molecule has 0 aromatic heterocycles. The lowest BCUT2D eigenvalue weighted by Gasteiger charge is -2.41. The third kappa shape index (κ3) is 6.98. The lowest BCUT2D eigenvalue weighted by Crippen LogP contribution is -2.41. The molecule has 1 amide bonds. The summed E-state index contributed by atoms with van der Waals surface area (Å²) in [5.74, 6) is 0.00856. The minimum Gasteiger partial charge on any atom is -0.355 e. The van der Waals surface area contributed by atoms with Crippen LogP contribution in [0, 0.1) is 18.7 Å². The summed E-state index contributed by atoms with van der Waals surface area (Å²) in [7, 11) is 1.87. The fraction of sp³-hybridized carbons (Fsp3) is 0.270. The summed E-state index contributed by atoms with van der Waals surface area (Å²) in [5, 5.41) is 6.47. The predicted octanol–water partition coefficient (Wildman–Crippen LogP) is 8.23. The van der Waals surface area contributed by atoms with Gasteiger partial charge >= 0.3 is 0 Å². The average molecular weight is 577 g/mol. The minimum atomic E-state index is -0.297. The van der Waals surface area contributed by atoms with Gasteiger partial charge in [0, 0.05) is 53.9 Å². The lowest BCUT2D eigenvalue weighted by molar-refractivity contribution is 0.0701. The zero-order chi connectivity index (χ0) is 30.3. The zero-order valence-corrected chi connectivity index (χ0v) is 25.3. The van der Waals surface area contributed by atoms with Gasteiger partial charge in [0.05, 0.1) is 6.04 Å². The van der Waals surface area contributed by atoms with Crippen molar-refractivity contribution in [3.8, 4) is 0 Å². The van der Waals surface area contributed by atoms with Crippen LogP contribution in [0.1, 0.15) is 52.9 Å². The molecule has 222 valence electrons. The highest BCUT2D eigenvalue weighted by Gasteiger charge is 2.30. The second-order valence-electron chi connectivity index (χ2n) is 11.3. The number of hydrogen-bond acceptors (Lipinski definition) is 4. The van der Waals surface area contributed by atoms with Crippen LogP contribution in [0.15, 0.2) is 109 Å². The van der Waals surface area contributed by atoms with Crippen LogP contribution >= 0.6 is 0 Å². The molecule has 1 heterocycles. The van der Waals surface area contributed by atoms with Crippen molar-refractivity contribution in [3.05, 3.63) is 137 Å². The van der Waals surface area contributed by atoms with E-state index in [4.69, 9.17) is 0 Å². The first-order valence-electron chi connectivity index (χ1n) is 15.0. The lowest BCUT2D eigenvalue weighted by atomic mass is 9.90. The second-order valence-corrected chi connectivity index (χ2v) is 11.3. The van der Waals surface area contributed by atoms with E-state index in [1.807, 2.05) is 42.3 Å². The molecule has 43 heavy (non-hydrogen) atoms. The summed E-state index contributed by atoms with van der Waals surface area (Å²) in [6.45, 7) is 11.0. The summed E-state index contributed by atoms with van der Waals surface area (Å²) in [5.41, 5.74) is 7.85. The first-order valence-corrected chi connectivity index (χ1v) is 15.0. The molecule has 2 N–H and O–H groups in total. The molecular weight excluding hydrogens is 535 g/mol. The van der Waals surface area contributed by atoms with Crippen molar-refractivity contribution in [1.29, 1.82) is 0 Å². The van der Waals surface area contributed by atoms with Crippen LogP contribution in [0.5, 0.6) is 0 Å². The Morgan fingerprint density at radius 2 is 1.70 bits per heavy atom. The van der Waals surface area contributed by atoms with Gasteiger partial charge in [-0.25, -0.2) is 4.39 Å². The van der Waals surface area contributed by atoms with Crippen molar-refractivity contribution in [2.75, 3.05) is 30.4 Å². The third-order valence-electron chi connectivity index (χ3n) is 8.43. The fourth-order valence-corrected chi connectivity index (χ4v) is 6.03. The standard InChI is InChI=1S/C37H41FN4O/c1-26-11-8-9-16-36(26)42(27(2)29-12-6-5-7-13-29)28(3)30-19-21-41(22-20-30)37(43)31-17-18-35(32(23-31)25-39-4)40-34-15-10-14-33(38)24-34/h5-18,23-24,27,30,39-40H,3,19-22,25H2,1-2,4H3. The Morgan fingerprint density at radius 3 is 2.40 bits per heavy atom. The number of nitrogens with zero attached hydrogens (tertiary/aromatic N) is 2. The molecule has 0 aliphatic carbocycles. The van der Waals surface area contributed by atoms with E-state index in [9.17, 15) is 9.18 Å². The summed E-state index contributed by atoms with van der Waals surface area (Å²) in [4.78, 5) is 18.0. The van der Waals surface area contributed by atoms with Crippen molar-refractivity contribution in [2.24, 2.45) is 5.92 Å². The molecule has 0 spiro atoms. The molecule has 0 radical (unpaired) electrons.